The van der Waals surface area contributed by atoms with Gasteiger partial charge < -0.3 is 20.3 Å². The van der Waals surface area contributed by atoms with Crippen LogP contribution in [0.1, 0.15) is 37.3 Å². The first-order chi connectivity index (χ1) is 10.3. The lowest BCUT2D eigenvalue weighted by molar-refractivity contribution is -0.274. The van der Waals surface area contributed by atoms with E-state index in [-0.39, 0.29) is 11.7 Å². The van der Waals surface area contributed by atoms with Gasteiger partial charge in [-0.15, -0.1) is 13.2 Å². The highest BCUT2D eigenvalue weighted by Gasteiger charge is 2.33. The van der Waals surface area contributed by atoms with Gasteiger partial charge in [-0.1, -0.05) is 12.8 Å². The van der Waals surface area contributed by atoms with Crippen LogP contribution in [-0.4, -0.2) is 24.7 Å². The Balaban J connectivity index is 2.24. The Kier molecular flexibility index (Phi) is 5.18. The van der Waals surface area contributed by atoms with Gasteiger partial charge in [-0.05, 0) is 37.0 Å². The van der Waals surface area contributed by atoms with Crippen molar-refractivity contribution >= 4 is 0 Å². The zero-order chi connectivity index (χ0) is 16.3. The topological polar surface area (TPSA) is 64.7 Å². The molecule has 0 radical (unpaired) electrons. The van der Waals surface area contributed by atoms with Crippen LogP contribution in [0.2, 0.25) is 0 Å². The van der Waals surface area contributed by atoms with Gasteiger partial charge in [-0.3, -0.25) is 0 Å². The fourth-order valence-electron chi connectivity index (χ4n) is 2.95. The molecule has 4 nitrogen and oxygen atoms in total. The Morgan fingerprint density at radius 3 is 2.45 bits per heavy atom. The average molecular weight is 319 g/mol. The highest BCUT2D eigenvalue weighted by atomic mass is 19.4. The normalized spacial score (nSPS) is 19.0. The molecule has 0 bridgehead atoms. The summed E-state index contributed by atoms with van der Waals surface area (Å²) in [6.07, 6.45) is -1.80. The lowest BCUT2D eigenvalue weighted by Gasteiger charge is -2.26. The molecule has 3 N–H and O–H groups in total. The van der Waals surface area contributed by atoms with E-state index in [0.29, 0.717) is 11.3 Å². The number of benzene rings is 1. The zero-order valence-corrected chi connectivity index (χ0v) is 12.3. The molecule has 0 amide bonds. The van der Waals surface area contributed by atoms with Crippen LogP contribution in [-0.2, 0) is 0 Å². The fourth-order valence-corrected chi connectivity index (χ4v) is 2.95. The molecule has 1 saturated carbocycles. The van der Waals surface area contributed by atoms with E-state index in [1.165, 1.54) is 19.2 Å². The summed E-state index contributed by atoms with van der Waals surface area (Å²) in [6.45, 7) is 0. The summed E-state index contributed by atoms with van der Waals surface area (Å²) < 4.78 is 46.0. The molecule has 0 unspecified atom stereocenters. The van der Waals surface area contributed by atoms with E-state index in [4.69, 9.17) is 10.5 Å². The van der Waals surface area contributed by atoms with E-state index in [1.807, 2.05) is 0 Å². The summed E-state index contributed by atoms with van der Waals surface area (Å²) in [5.74, 6) is 0.0170. The van der Waals surface area contributed by atoms with Crippen LogP contribution in [0, 0.1) is 5.92 Å². The first-order valence-electron chi connectivity index (χ1n) is 7.19. The first kappa shape index (κ1) is 16.9. The van der Waals surface area contributed by atoms with Gasteiger partial charge in [0.1, 0.15) is 11.5 Å². The van der Waals surface area contributed by atoms with Crippen LogP contribution in [0.5, 0.6) is 11.5 Å². The van der Waals surface area contributed by atoms with Crippen molar-refractivity contribution in [2.45, 2.75) is 44.2 Å². The van der Waals surface area contributed by atoms with Crippen molar-refractivity contribution in [1.29, 1.82) is 0 Å². The number of hydrogen-bond acceptors (Lipinski definition) is 4. The highest BCUT2D eigenvalue weighted by Crippen LogP contribution is 2.37. The number of ether oxygens (including phenoxy) is 2. The summed E-state index contributed by atoms with van der Waals surface area (Å²) >= 11 is 0. The van der Waals surface area contributed by atoms with E-state index in [1.54, 1.807) is 0 Å². The maximum Gasteiger partial charge on any atom is 0.573 e. The minimum atomic E-state index is -4.78. The first-order valence-corrected chi connectivity index (χ1v) is 7.19. The molecule has 2 atom stereocenters. The molecule has 1 aromatic rings. The Morgan fingerprint density at radius 1 is 1.27 bits per heavy atom. The van der Waals surface area contributed by atoms with E-state index >= 15 is 0 Å². The van der Waals surface area contributed by atoms with Crippen molar-refractivity contribution in [3.05, 3.63) is 23.8 Å². The molecule has 1 aliphatic rings. The lowest BCUT2D eigenvalue weighted by atomic mass is 9.90. The standard InChI is InChI=1S/C15H20F3NO3/c1-21-12-7-6-10(22-15(16,17)18)8-11(12)13(19)14(20)9-4-2-3-5-9/h6-9,13-14,20H,2-5,19H2,1H3/t13-,14+/m0/s1. The average Bonchev–Trinajstić information content (AvgIpc) is 2.98. The van der Waals surface area contributed by atoms with E-state index < -0.39 is 18.5 Å². The quantitative estimate of drug-likeness (QED) is 0.875. The summed E-state index contributed by atoms with van der Waals surface area (Å²) in [6, 6.07) is 2.87. The van der Waals surface area contributed by atoms with Gasteiger partial charge in [0.2, 0.25) is 0 Å². The Bertz CT molecular complexity index is 501. The van der Waals surface area contributed by atoms with Crippen molar-refractivity contribution in [3.8, 4) is 11.5 Å². The van der Waals surface area contributed by atoms with Crippen LogP contribution in [0.25, 0.3) is 0 Å². The van der Waals surface area contributed by atoms with Crippen LogP contribution in [0.15, 0.2) is 18.2 Å². The van der Waals surface area contributed by atoms with Gasteiger partial charge >= 0.3 is 6.36 Å². The molecule has 1 aliphatic carbocycles. The minimum absolute atomic E-state index is 0.0619. The number of nitrogens with two attached hydrogens (primary N) is 1. The second-order valence-corrected chi connectivity index (χ2v) is 5.51. The minimum Gasteiger partial charge on any atom is -0.496 e. The Labute approximate surface area is 127 Å². The summed E-state index contributed by atoms with van der Waals surface area (Å²) in [5, 5.41) is 10.4. The SMILES string of the molecule is COc1ccc(OC(F)(F)F)cc1[C@H](N)[C@H](O)C1CCCC1. The number of aliphatic hydroxyl groups is 1. The summed E-state index contributed by atoms with van der Waals surface area (Å²) in [5.41, 5.74) is 6.37. The third-order valence-corrected chi connectivity index (χ3v) is 4.04. The largest absolute Gasteiger partial charge is 0.573 e. The molecule has 1 fully saturated rings. The number of halogens is 3. The van der Waals surface area contributed by atoms with Crippen molar-refractivity contribution in [2.75, 3.05) is 7.11 Å². The van der Waals surface area contributed by atoms with Gasteiger partial charge in [-0.2, -0.15) is 0 Å². The third kappa shape index (κ3) is 4.04. The highest BCUT2D eigenvalue weighted by molar-refractivity contribution is 5.42. The maximum absolute atomic E-state index is 12.3. The Hall–Kier alpha value is -1.47. The number of hydrogen-bond donors (Lipinski definition) is 2. The summed E-state index contributed by atoms with van der Waals surface area (Å²) in [7, 11) is 1.40. The van der Waals surface area contributed by atoms with Crippen LogP contribution in [0.3, 0.4) is 0 Å². The van der Waals surface area contributed by atoms with Gasteiger partial charge in [0.25, 0.3) is 0 Å². The molecule has 0 aromatic heterocycles. The van der Waals surface area contributed by atoms with Gasteiger partial charge in [-0.25, -0.2) is 0 Å². The predicted octanol–water partition coefficient (Wildman–Crippen LogP) is 3.14. The molecule has 0 saturated heterocycles. The number of alkyl halides is 3. The second kappa shape index (κ2) is 6.75. The number of methoxy groups -OCH3 is 1. The van der Waals surface area contributed by atoms with Crippen molar-refractivity contribution < 1.29 is 27.8 Å². The number of rotatable bonds is 5. The number of aliphatic hydroxyl groups excluding tert-OH is 1. The van der Waals surface area contributed by atoms with E-state index in [9.17, 15) is 18.3 Å². The molecule has 1 aromatic carbocycles. The van der Waals surface area contributed by atoms with Crippen LogP contribution >= 0.6 is 0 Å². The smallest absolute Gasteiger partial charge is 0.496 e. The molecule has 22 heavy (non-hydrogen) atoms. The van der Waals surface area contributed by atoms with Gasteiger partial charge in [0.05, 0.1) is 19.3 Å². The fraction of sp³-hybridized carbons (Fsp3) is 0.600. The predicted molar refractivity (Wildman–Crippen MR) is 74.6 cm³/mol. The third-order valence-electron chi connectivity index (χ3n) is 4.04. The molecule has 0 heterocycles. The van der Waals surface area contributed by atoms with Crippen LogP contribution in [0.4, 0.5) is 13.2 Å². The second-order valence-electron chi connectivity index (χ2n) is 5.51. The lowest BCUT2D eigenvalue weighted by Crippen LogP contribution is -2.32. The molecular formula is C15H20F3NO3. The van der Waals surface area contributed by atoms with Crippen molar-refractivity contribution in [3.63, 3.8) is 0 Å². The summed E-state index contributed by atoms with van der Waals surface area (Å²) in [4.78, 5) is 0. The molecule has 0 spiro atoms. The monoisotopic (exact) mass is 319 g/mol. The van der Waals surface area contributed by atoms with E-state index in [2.05, 4.69) is 4.74 Å². The molecular weight excluding hydrogens is 299 g/mol. The molecule has 124 valence electrons. The molecule has 7 heteroatoms. The van der Waals surface area contributed by atoms with E-state index in [0.717, 1.165) is 31.7 Å². The van der Waals surface area contributed by atoms with Crippen molar-refractivity contribution in [1.82, 2.24) is 0 Å². The van der Waals surface area contributed by atoms with Gasteiger partial charge in [0, 0.05) is 5.56 Å². The Morgan fingerprint density at radius 2 is 1.91 bits per heavy atom. The van der Waals surface area contributed by atoms with Crippen LogP contribution < -0.4 is 15.2 Å². The zero-order valence-electron chi connectivity index (χ0n) is 12.3. The molecule has 0 aliphatic heterocycles. The maximum atomic E-state index is 12.3. The van der Waals surface area contributed by atoms with Gasteiger partial charge in [0.15, 0.2) is 0 Å². The molecule has 2 rings (SSSR count). The van der Waals surface area contributed by atoms with Crippen molar-refractivity contribution in [2.24, 2.45) is 11.7 Å².